The second kappa shape index (κ2) is 7.19. The summed E-state index contributed by atoms with van der Waals surface area (Å²) in [5.74, 6) is -0.804. The average molecular weight is 287 g/mol. The van der Waals surface area contributed by atoms with E-state index < -0.39 is 15.8 Å². The summed E-state index contributed by atoms with van der Waals surface area (Å²) >= 11 is 3.05. The minimum atomic E-state index is -2.99. The third-order valence-electron chi connectivity index (χ3n) is 1.41. The number of aliphatic carboxylic acids is 1. The summed E-state index contributed by atoms with van der Waals surface area (Å²) in [6.45, 7) is 0.0340. The first-order valence-electron chi connectivity index (χ1n) is 4.09. The maximum Gasteiger partial charge on any atom is 0.319 e. The fraction of sp³-hybridized carbons (Fsp3) is 0.857. The largest absolute Gasteiger partial charge is 0.480 e. The molecule has 0 rings (SSSR count). The first-order chi connectivity index (χ1) is 6.48. The first kappa shape index (κ1) is 13.9. The van der Waals surface area contributed by atoms with Crippen molar-refractivity contribution in [2.45, 2.75) is 6.42 Å². The molecule has 0 aliphatic rings. The zero-order valence-electron chi connectivity index (χ0n) is 7.65. The number of hydrogen-bond acceptors (Lipinski definition) is 3. The van der Waals surface area contributed by atoms with E-state index in [0.29, 0.717) is 11.8 Å². The predicted molar refractivity (Wildman–Crippen MR) is 56.6 cm³/mol. The van der Waals surface area contributed by atoms with Gasteiger partial charge in [0.2, 0.25) is 0 Å². The molecule has 0 amide bonds. The van der Waals surface area contributed by atoms with E-state index in [1.54, 1.807) is 0 Å². The molecule has 1 N–H and O–H groups in total. The van der Waals surface area contributed by atoms with Crippen LogP contribution in [0.4, 0.5) is 0 Å². The molecule has 0 aromatic rings. The Labute approximate surface area is 91.9 Å². The van der Waals surface area contributed by atoms with E-state index in [1.165, 1.54) is 0 Å². The van der Waals surface area contributed by atoms with E-state index in [1.807, 2.05) is 0 Å². The van der Waals surface area contributed by atoms with Crippen LogP contribution in [0.5, 0.6) is 0 Å². The quantitative estimate of drug-likeness (QED) is 0.498. The van der Waals surface area contributed by atoms with Gasteiger partial charge in [-0.15, -0.1) is 0 Å². The Morgan fingerprint density at radius 3 is 2.50 bits per heavy atom. The van der Waals surface area contributed by atoms with Gasteiger partial charge in [0.15, 0.2) is 9.84 Å². The standard InChI is InChI=1S/C7H13BrNO4S/c8-2-5-14(12,13)4-1-3-9-6-7(10)11/h1-6H2,(H,10,11). The van der Waals surface area contributed by atoms with Gasteiger partial charge in [0.25, 0.3) is 0 Å². The monoisotopic (exact) mass is 286 g/mol. The van der Waals surface area contributed by atoms with Crippen molar-refractivity contribution in [1.29, 1.82) is 0 Å². The molecule has 0 fully saturated rings. The molecule has 0 bridgehead atoms. The summed E-state index contributed by atoms with van der Waals surface area (Å²) in [4.78, 5) is 10.0. The number of sulfone groups is 1. The molecule has 14 heavy (non-hydrogen) atoms. The highest BCUT2D eigenvalue weighted by molar-refractivity contribution is 9.09. The number of carboxylic acids is 1. The fourth-order valence-corrected chi connectivity index (χ4v) is 3.28. The number of carboxylic acid groups (broad SMARTS) is 1. The van der Waals surface area contributed by atoms with Crippen molar-refractivity contribution in [2.75, 3.05) is 29.9 Å². The number of rotatable bonds is 8. The molecule has 83 valence electrons. The molecule has 0 atom stereocenters. The summed E-state index contributed by atoms with van der Waals surface area (Å²) in [6.07, 6.45) is 0.391. The van der Waals surface area contributed by atoms with Gasteiger partial charge in [0.05, 0.1) is 11.5 Å². The lowest BCUT2D eigenvalue weighted by molar-refractivity contribution is -0.136. The Hall–Kier alpha value is -0.140. The minimum Gasteiger partial charge on any atom is -0.480 e. The lowest BCUT2D eigenvalue weighted by Gasteiger charge is -2.01. The Morgan fingerprint density at radius 2 is 2.00 bits per heavy atom. The van der Waals surface area contributed by atoms with E-state index in [2.05, 4.69) is 21.2 Å². The highest BCUT2D eigenvalue weighted by Gasteiger charge is 2.08. The normalized spacial score (nSPS) is 11.5. The Morgan fingerprint density at radius 1 is 1.36 bits per heavy atom. The van der Waals surface area contributed by atoms with Gasteiger partial charge in [0.1, 0.15) is 6.54 Å². The van der Waals surface area contributed by atoms with Crippen LogP contribution in [0.15, 0.2) is 0 Å². The summed E-state index contributed by atoms with van der Waals surface area (Å²) in [7, 11) is -2.99. The molecule has 0 saturated carbocycles. The van der Waals surface area contributed by atoms with Crippen LogP contribution < -0.4 is 5.32 Å². The second-order valence-corrected chi connectivity index (χ2v) is 5.79. The van der Waals surface area contributed by atoms with E-state index in [9.17, 15) is 13.2 Å². The SMILES string of the molecule is O=C(O)C[N]CCCS(=O)(=O)CCBr. The van der Waals surface area contributed by atoms with Gasteiger partial charge in [-0.2, -0.15) is 0 Å². The zero-order valence-corrected chi connectivity index (χ0v) is 10.1. The van der Waals surface area contributed by atoms with E-state index in [0.717, 1.165) is 0 Å². The van der Waals surface area contributed by atoms with Gasteiger partial charge >= 0.3 is 5.97 Å². The molecule has 0 aromatic carbocycles. The maximum absolute atomic E-state index is 11.1. The van der Waals surface area contributed by atoms with Gasteiger partial charge in [-0.1, -0.05) is 15.9 Å². The third kappa shape index (κ3) is 8.46. The lowest BCUT2D eigenvalue weighted by Crippen LogP contribution is -2.20. The molecule has 7 heteroatoms. The Balaban J connectivity index is 3.49. The number of nitrogens with zero attached hydrogens (tertiary/aromatic N) is 1. The molecular formula is C7H13BrNO4S. The minimum absolute atomic E-state index is 0.0711. The van der Waals surface area contributed by atoms with Gasteiger partial charge in [0, 0.05) is 11.9 Å². The fourth-order valence-electron chi connectivity index (χ4n) is 0.791. The molecule has 0 aliphatic carbocycles. The highest BCUT2D eigenvalue weighted by atomic mass is 79.9. The van der Waals surface area contributed by atoms with Crippen molar-refractivity contribution in [2.24, 2.45) is 0 Å². The van der Waals surface area contributed by atoms with Gasteiger partial charge < -0.3 is 5.11 Å². The van der Waals surface area contributed by atoms with E-state index in [-0.39, 0.29) is 24.6 Å². The summed E-state index contributed by atoms with van der Waals surface area (Å²) in [5.41, 5.74) is 0. The Kier molecular flexibility index (Phi) is 7.12. The molecule has 0 saturated heterocycles. The van der Waals surface area contributed by atoms with Crippen LogP contribution in [0, 0.1) is 0 Å². The van der Waals surface area contributed by atoms with Crippen LogP contribution in [-0.4, -0.2) is 49.4 Å². The summed E-state index contributed by atoms with van der Waals surface area (Å²) in [5, 5.41) is 12.3. The van der Waals surface area contributed by atoms with Gasteiger partial charge in [-0.25, -0.2) is 13.7 Å². The van der Waals surface area contributed by atoms with E-state index in [4.69, 9.17) is 5.11 Å². The highest BCUT2D eigenvalue weighted by Crippen LogP contribution is 1.95. The summed E-state index contributed by atoms with van der Waals surface area (Å²) < 4.78 is 22.3. The third-order valence-corrected chi connectivity index (χ3v) is 4.07. The van der Waals surface area contributed by atoms with Crippen LogP contribution in [0.1, 0.15) is 6.42 Å². The molecule has 0 aliphatic heterocycles. The number of alkyl halides is 1. The summed E-state index contributed by atoms with van der Waals surface area (Å²) in [6, 6.07) is 0. The van der Waals surface area contributed by atoms with Crippen molar-refractivity contribution >= 4 is 31.7 Å². The van der Waals surface area contributed by atoms with Crippen molar-refractivity contribution in [3.05, 3.63) is 0 Å². The van der Waals surface area contributed by atoms with Gasteiger partial charge in [-0.3, -0.25) is 4.79 Å². The number of hydrogen-bond donors (Lipinski definition) is 1. The molecular weight excluding hydrogens is 274 g/mol. The zero-order chi connectivity index (χ0) is 11.0. The van der Waals surface area contributed by atoms with Crippen LogP contribution in [-0.2, 0) is 14.6 Å². The van der Waals surface area contributed by atoms with Crippen LogP contribution in [0.3, 0.4) is 0 Å². The average Bonchev–Trinajstić information content (AvgIpc) is 2.02. The maximum atomic E-state index is 11.1. The molecule has 0 heterocycles. The lowest BCUT2D eigenvalue weighted by atomic mass is 10.5. The molecule has 0 spiro atoms. The van der Waals surface area contributed by atoms with Crippen molar-refractivity contribution in [1.82, 2.24) is 5.32 Å². The molecule has 0 unspecified atom stereocenters. The van der Waals surface area contributed by atoms with Crippen LogP contribution in [0.2, 0.25) is 0 Å². The molecule has 0 aromatic heterocycles. The smallest absolute Gasteiger partial charge is 0.319 e. The number of carbonyl (C=O) groups is 1. The predicted octanol–water partition coefficient (Wildman–Crippen LogP) is -0.125. The van der Waals surface area contributed by atoms with E-state index >= 15 is 0 Å². The van der Waals surface area contributed by atoms with Crippen molar-refractivity contribution in [3.63, 3.8) is 0 Å². The van der Waals surface area contributed by atoms with Crippen LogP contribution >= 0.6 is 15.9 Å². The van der Waals surface area contributed by atoms with Crippen molar-refractivity contribution < 1.29 is 18.3 Å². The van der Waals surface area contributed by atoms with Crippen LogP contribution in [0.25, 0.3) is 0 Å². The first-order valence-corrected chi connectivity index (χ1v) is 7.03. The Bertz CT molecular complexity index is 265. The number of halogens is 1. The molecule has 5 nitrogen and oxygen atoms in total. The topological polar surface area (TPSA) is 85.5 Å². The van der Waals surface area contributed by atoms with Crippen molar-refractivity contribution in [3.8, 4) is 0 Å². The molecule has 1 radical (unpaired) electrons. The second-order valence-electron chi connectivity index (χ2n) is 2.69. The van der Waals surface area contributed by atoms with Gasteiger partial charge in [-0.05, 0) is 6.42 Å².